The number of aliphatic hydroxyl groups excluding tert-OH is 1. The SMILES string of the molecule is CC(CO)C(=O)OC1C2CC3C(=O)OC1C3C2. The molecule has 2 bridgehead atoms. The molecule has 6 atom stereocenters. The fourth-order valence-corrected chi connectivity index (χ4v) is 3.39. The van der Waals surface area contributed by atoms with E-state index < -0.39 is 11.9 Å². The topological polar surface area (TPSA) is 72.8 Å². The van der Waals surface area contributed by atoms with Crippen LogP contribution in [0.5, 0.6) is 0 Å². The minimum Gasteiger partial charge on any atom is -0.458 e. The van der Waals surface area contributed by atoms with Crippen molar-refractivity contribution in [1.82, 2.24) is 0 Å². The van der Waals surface area contributed by atoms with Crippen LogP contribution < -0.4 is 0 Å². The van der Waals surface area contributed by atoms with E-state index in [4.69, 9.17) is 14.6 Å². The summed E-state index contributed by atoms with van der Waals surface area (Å²) < 4.78 is 10.7. The van der Waals surface area contributed by atoms with Crippen molar-refractivity contribution < 1.29 is 24.2 Å². The van der Waals surface area contributed by atoms with E-state index in [1.165, 1.54) is 0 Å². The number of rotatable bonds is 3. The Labute approximate surface area is 99.1 Å². The van der Waals surface area contributed by atoms with Gasteiger partial charge in [-0.15, -0.1) is 0 Å². The number of carbonyl (C=O) groups excluding carboxylic acids is 2. The molecule has 5 nitrogen and oxygen atoms in total. The first kappa shape index (κ1) is 11.0. The van der Waals surface area contributed by atoms with Gasteiger partial charge in [0, 0.05) is 11.8 Å². The van der Waals surface area contributed by atoms with Crippen LogP contribution in [-0.4, -0.2) is 35.9 Å². The Bertz CT molecular complexity index is 366. The zero-order valence-corrected chi connectivity index (χ0v) is 9.67. The first-order chi connectivity index (χ1) is 8.11. The second-order valence-electron chi connectivity index (χ2n) is 5.39. The van der Waals surface area contributed by atoms with E-state index in [1.807, 2.05) is 0 Å². The fraction of sp³-hybridized carbons (Fsp3) is 0.833. The molecule has 0 spiro atoms. The smallest absolute Gasteiger partial charge is 0.311 e. The van der Waals surface area contributed by atoms with Crippen LogP contribution in [0.4, 0.5) is 0 Å². The van der Waals surface area contributed by atoms with Gasteiger partial charge in [-0.3, -0.25) is 9.59 Å². The number of aliphatic hydroxyl groups is 1. The number of ether oxygens (including phenoxy) is 2. The van der Waals surface area contributed by atoms with Crippen molar-refractivity contribution in [2.24, 2.45) is 23.7 Å². The lowest BCUT2D eigenvalue weighted by Gasteiger charge is -2.26. The number of fused-ring (bicyclic) bond motifs is 1. The molecular weight excluding hydrogens is 224 g/mol. The van der Waals surface area contributed by atoms with Gasteiger partial charge in [-0.1, -0.05) is 0 Å². The minimum absolute atomic E-state index is 0.0372. The molecule has 17 heavy (non-hydrogen) atoms. The molecular formula is C12H16O5. The van der Waals surface area contributed by atoms with Crippen molar-refractivity contribution in [2.45, 2.75) is 32.0 Å². The number of hydrogen-bond acceptors (Lipinski definition) is 5. The van der Waals surface area contributed by atoms with Crippen molar-refractivity contribution in [3.63, 3.8) is 0 Å². The Kier molecular flexibility index (Phi) is 2.40. The van der Waals surface area contributed by atoms with Crippen molar-refractivity contribution >= 4 is 11.9 Å². The van der Waals surface area contributed by atoms with Crippen LogP contribution in [0.25, 0.3) is 0 Å². The first-order valence-electron chi connectivity index (χ1n) is 6.13. The van der Waals surface area contributed by atoms with E-state index in [0.717, 1.165) is 12.8 Å². The minimum atomic E-state index is -0.512. The summed E-state index contributed by atoms with van der Waals surface area (Å²) in [5.41, 5.74) is 0. The Morgan fingerprint density at radius 1 is 1.59 bits per heavy atom. The highest BCUT2D eigenvalue weighted by atomic mass is 16.6. The molecule has 3 rings (SSSR count). The maximum absolute atomic E-state index is 11.6. The number of esters is 2. The summed E-state index contributed by atoms with van der Waals surface area (Å²) in [6.45, 7) is 1.41. The Morgan fingerprint density at radius 3 is 3.06 bits per heavy atom. The normalized spacial score (nSPS) is 43.6. The summed E-state index contributed by atoms with van der Waals surface area (Å²) >= 11 is 0. The average molecular weight is 240 g/mol. The molecule has 6 unspecified atom stereocenters. The quantitative estimate of drug-likeness (QED) is 0.709. The van der Waals surface area contributed by atoms with Gasteiger partial charge in [0.25, 0.3) is 0 Å². The van der Waals surface area contributed by atoms with Crippen LogP contribution in [0.1, 0.15) is 19.8 Å². The molecule has 1 aliphatic heterocycles. The lowest BCUT2D eigenvalue weighted by Crippen LogP contribution is -2.37. The summed E-state index contributed by atoms with van der Waals surface area (Å²) in [6.07, 6.45) is 1.18. The number of hydrogen-bond donors (Lipinski definition) is 1. The molecule has 0 amide bonds. The molecule has 0 aromatic carbocycles. The van der Waals surface area contributed by atoms with E-state index in [1.54, 1.807) is 6.92 Å². The van der Waals surface area contributed by atoms with Crippen LogP contribution >= 0.6 is 0 Å². The van der Waals surface area contributed by atoms with Crippen molar-refractivity contribution in [3.8, 4) is 0 Å². The summed E-state index contributed by atoms with van der Waals surface area (Å²) in [4.78, 5) is 23.2. The van der Waals surface area contributed by atoms with E-state index in [0.29, 0.717) is 0 Å². The van der Waals surface area contributed by atoms with Crippen LogP contribution in [0.3, 0.4) is 0 Å². The van der Waals surface area contributed by atoms with Gasteiger partial charge in [0.2, 0.25) is 0 Å². The van der Waals surface area contributed by atoms with Gasteiger partial charge in [0.15, 0.2) is 0 Å². The van der Waals surface area contributed by atoms with Crippen LogP contribution in [-0.2, 0) is 19.1 Å². The molecule has 2 saturated carbocycles. The molecule has 1 heterocycles. The fourth-order valence-electron chi connectivity index (χ4n) is 3.39. The molecule has 3 fully saturated rings. The van der Waals surface area contributed by atoms with E-state index >= 15 is 0 Å². The Hall–Kier alpha value is -1.10. The number of carbonyl (C=O) groups is 2. The lowest BCUT2D eigenvalue weighted by atomic mass is 9.88. The molecule has 3 aliphatic rings. The molecule has 0 aromatic rings. The van der Waals surface area contributed by atoms with Crippen molar-refractivity contribution in [3.05, 3.63) is 0 Å². The summed E-state index contributed by atoms with van der Waals surface area (Å²) in [6, 6.07) is 0. The van der Waals surface area contributed by atoms with Gasteiger partial charge in [0.1, 0.15) is 12.2 Å². The molecule has 5 heteroatoms. The molecule has 0 radical (unpaired) electrons. The Balaban J connectivity index is 1.70. The average Bonchev–Trinajstić information content (AvgIpc) is 2.92. The molecule has 2 aliphatic carbocycles. The van der Waals surface area contributed by atoms with E-state index in [-0.39, 0.29) is 42.5 Å². The highest BCUT2D eigenvalue weighted by molar-refractivity contribution is 5.77. The molecule has 0 aromatic heterocycles. The zero-order chi connectivity index (χ0) is 12.2. The van der Waals surface area contributed by atoms with Crippen LogP contribution in [0.2, 0.25) is 0 Å². The largest absolute Gasteiger partial charge is 0.458 e. The predicted octanol–water partition coefficient (Wildman–Crippen LogP) is 0.108. The standard InChI is InChI=1S/C12H16O5/c1-5(4-13)11(14)16-9-6-2-7-8(3-6)12(15)17-10(7)9/h5-10,13H,2-4H2,1H3. The highest BCUT2D eigenvalue weighted by Gasteiger charge is 2.63. The summed E-state index contributed by atoms with van der Waals surface area (Å²) in [5.74, 6) is -0.496. The highest BCUT2D eigenvalue weighted by Crippen LogP contribution is 2.55. The van der Waals surface area contributed by atoms with Gasteiger partial charge in [0.05, 0.1) is 18.4 Å². The second kappa shape index (κ2) is 3.70. The molecule has 1 N–H and O–H groups in total. The van der Waals surface area contributed by atoms with Gasteiger partial charge in [-0.25, -0.2) is 0 Å². The first-order valence-corrected chi connectivity index (χ1v) is 6.13. The van der Waals surface area contributed by atoms with Gasteiger partial charge >= 0.3 is 11.9 Å². The summed E-state index contributed by atoms with van der Waals surface area (Å²) in [5, 5.41) is 8.90. The van der Waals surface area contributed by atoms with Gasteiger partial charge < -0.3 is 14.6 Å². The van der Waals surface area contributed by atoms with E-state index in [2.05, 4.69) is 0 Å². The van der Waals surface area contributed by atoms with Gasteiger partial charge in [-0.2, -0.15) is 0 Å². The third-order valence-corrected chi connectivity index (χ3v) is 4.34. The van der Waals surface area contributed by atoms with Gasteiger partial charge in [-0.05, 0) is 19.8 Å². The van der Waals surface area contributed by atoms with Crippen LogP contribution in [0, 0.1) is 23.7 Å². The Morgan fingerprint density at radius 2 is 2.35 bits per heavy atom. The second-order valence-corrected chi connectivity index (χ2v) is 5.39. The maximum atomic E-state index is 11.6. The summed E-state index contributed by atoms with van der Waals surface area (Å²) in [7, 11) is 0. The monoisotopic (exact) mass is 240 g/mol. The van der Waals surface area contributed by atoms with Crippen molar-refractivity contribution in [2.75, 3.05) is 6.61 Å². The molecule has 1 saturated heterocycles. The maximum Gasteiger partial charge on any atom is 0.311 e. The predicted molar refractivity (Wildman–Crippen MR) is 55.7 cm³/mol. The third-order valence-electron chi connectivity index (χ3n) is 4.34. The van der Waals surface area contributed by atoms with Crippen LogP contribution in [0.15, 0.2) is 0 Å². The van der Waals surface area contributed by atoms with Crippen molar-refractivity contribution in [1.29, 1.82) is 0 Å². The van der Waals surface area contributed by atoms with E-state index in [9.17, 15) is 9.59 Å². The third kappa shape index (κ3) is 1.48. The zero-order valence-electron chi connectivity index (χ0n) is 9.67. The molecule has 94 valence electrons. The lowest BCUT2D eigenvalue weighted by molar-refractivity contribution is -0.166.